The van der Waals surface area contributed by atoms with Crippen LogP contribution in [0.5, 0.6) is 0 Å². The van der Waals surface area contributed by atoms with E-state index in [1.165, 1.54) is 379 Å². The summed E-state index contributed by atoms with van der Waals surface area (Å²) in [7, 11) is 0. The van der Waals surface area contributed by atoms with E-state index in [0.29, 0.717) is 25.9 Å². The van der Waals surface area contributed by atoms with Crippen molar-refractivity contribution in [2.45, 2.75) is 463 Å². The first-order valence-electron chi connectivity index (χ1n) is 38.3. The largest absolute Gasteiger partial charge is 0.466 e. The number of hydrogen-bond acceptors (Lipinski definition) is 5. The molecule has 0 bridgehead atoms. The second-order valence-corrected chi connectivity index (χ2v) is 26.7. The van der Waals surface area contributed by atoms with Crippen LogP contribution in [0.3, 0.4) is 0 Å². The van der Waals surface area contributed by atoms with E-state index in [1.54, 1.807) is 0 Å². The fraction of sp³-hybridized carbons (Fsp3) is 0.974. The van der Waals surface area contributed by atoms with E-state index < -0.39 is 12.1 Å². The summed E-state index contributed by atoms with van der Waals surface area (Å²) in [5.41, 5.74) is 0. The third kappa shape index (κ3) is 68.0. The monoisotopic (exact) mass is 1160 g/mol. The maximum Gasteiger partial charge on any atom is 0.305 e. The molecule has 0 saturated carbocycles. The fourth-order valence-corrected chi connectivity index (χ4v) is 12.6. The van der Waals surface area contributed by atoms with Crippen LogP contribution in [0.2, 0.25) is 0 Å². The van der Waals surface area contributed by atoms with E-state index in [4.69, 9.17) is 4.74 Å². The van der Waals surface area contributed by atoms with Crippen LogP contribution in [0, 0.1) is 0 Å². The number of ether oxygens (including phenoxy) is 1. The summed E-state index contributed by atoms with van der Waals surface area (Å²) >= 11 is 0. The molecule has 0 aromatic rings. The second kappa shape index (κ2) is 72.3. The van der Waals surface area contributed by atoms with Crippen LogP contribution in [0.4, 0.5) is 0 Å². The number of rotatable bonds is 73. The molecule has 0 fully saturated rings. The first-order valence-corrected chi connectivity index (χ1v) is 38.3. The van der Waals surface area contributed by atoms with E-state index in [0.717, 1.165) is 38.5 Å². The normalized spacial score (nSPS) is 12.4. The van der Waals surface area contributed by atoms with Gasteiger partial charge in [0.2, 0.25) is 5.91 Å². The Kier molecular flexibility index (Phi) is 71.3. The highest BCUT2D eigenvalue weighted by molar-refractivity contribution is 5.76. The highest BCUT2D eigenvalue weighted by Crippen LogP contribution is 2.20. The Labute approximate surface area is 515 Å². The molecule has 6 heteroatoms. The number of carbonyl (C=O) groups excluding carboxylic acids is 2. The molecule has 0 heterocycles. The van der Waals surface area contributed by atoms with Crippen LogP contribution in [-0.2, 0) is 14.3 Å². The van der Waals surface area contributed by atoms with Crippen LogP contribution in [0.15, 0.2) is 0 Å². The quantitative estimate of drug-likeness (QED) is 0.0417. The summed E-state index contributed by atoms with van der Waals surface area (Å²) < 4.78 is 5.50. The van der Waals surface area contributed by atoms with Crippen LogP contribution < -0.4 is 5.32 Å². The zero-order valence-electron chi connectivity index (χ0n) is 56.3. The summed E-state index contributed by atoms with van der Waals surface area (Å²) in [6.07, 6.45) is 88.9. The Bertz CT molecular complexity index is 1200. The molecular weight excluding hydrogens is 1010 g/mol. The van der Waals surface area contributed by atoms with Crippen molar-refractivity contribution in [3.8, 4) is 0 Å². The molecule has 0 rings (SSSR count). The number of aliphatic hydroxyl groups is 2. The van der Waals surface area contributed by atoms with Crippen molar-refractivity contribution in [1.82, 2.24) is 5.32 Å². The van der Waals surface area contributed by atoms with Gasteiger partial charge in [0.05, 0.1) is 25.4 Å². The van der Waals surface area contributed by atoms with Crippen molar-refractivity contribution in [3.05, 3.63) is 0 Å². The molecule has 3 N–H and O–H groups in total. The summed E-state index contributed by atoms with van der Waals surface area (Å²) in [6.45, 7) is 5.02. The number of hydrogen-bond donors (Lipinski definition) is 3. The Morgan fingerprint density at radius 1 is 0.293 bits per heavy atom. The second-order valence-electron chi connectivity index (χ2n) is 26.7. The van der Waals surface area contributed by atoms with Gasteiger partial charge >= 0.3 is 5.97 Å². The third-order valence-corrected chi connectivity index (χ3v) is 18.4. The van der Waals surface area contributed by atoms with E-state index in [9.17, 15) is 19.8 Å². The summed E-state index contributed by atoms with van der Waals surface area (Å²) in [6, 6.07) is -0.540. The van der Waals surface area contributed by atoms with Gasteiger partial charge in [-0.15, -0.1) is 0 Å². The molecule has 0 aromatic carbocycles. The van der Waals surface area contributed by atoms with Crippen LogP contribution >= 0.6 is 0 Å². The fourth-order valence-electron chi connectivity index (χ4n) is 12.6. The smallest absolute Gasteiger partial charge is 0.305 e. The highest BCUT2D eigenvalue weighted by atomic mass is 16.5. The Hall–Kier alpha value is -1.14. The number of carbonyl (C=O) groups is 2. The first-order chi connectivity index (χ1) is 40.5. The van der Waals surface area contributed by atoms with Gasteiger partial charge < -0.3 is 20.3 Å². The molecule has 0 aliphatic carbocycles. The lowest BCUT2D eigenvalue weighted by molar-refractivity contribution is -0.143. The topological polar surface area (TPSA) is 95.9 Å². The minimum Gasteiger partial charge on any atom is -0.466 e. The number of unbranched alkanes of at least 4 members (excludes halogenated alkanes) is 62. The minimum absolute atomic E-state index is 0.0219. The van der Waals surface area contributed by atoms with E-state index >= 15 is 0 Å². The van der Waals surface area contributed by atoms with Gasteiger partial charge in [0, 0.05) is 12.8 Å². The number of nitrogens with one attached hydrogen (secondary N) is 1. The van der Waals surface area contributed by atoms with Crippen molar-refractivity contribution in [1.29, 1.82) is 0 Å². The average Bonchev–Trinajstić information content (AvgIpc) is 3.48. The lowest BCUT2D eigenvalue weighted by Gasteiger charge is -2.22. The lowest BCUT2D eigenvalue weighted by atomic mass is 10.0. The molecule has 2 atom stereocenters. The standard InChI is InChI=1S/C76H151NO5/c1-3-5-7-9-11-13-15-17-19-20-21-22-23-28-31-34-37-41-44-48-52-56-60-64-68-74(79)73(72-78)77-75(80)69-65-61-57-53-49-45-42-38-35-32-29-26-24-25-27-30-33-36-39-43-47-51-55-59-63-67-71-82-76(81)70-66-62-58-54-50-46-40-18-16-14-12-10-8-6-4-2/h73-74,78-79H,3-72H2,1-2H3,(H,77,80). The molecule has 490 valence electrons. The van der Waals surface area contributed by atoms with Crippen molar-refractivity contribution in [2.75, 3.05) is 13.2 Å². The zero-order valence-corrected chi connectivity index (χ0v) is 56.3. The Morgan fingerprint density at radius 3 is 0.744 bits per heavy atom. The lowest BCUT2D eigenvalue weighted by Crippen LogP contribution is -2.45. The van der Waals surface area contributed by atoms with Crippen LogP contribution in [-0.4, -0.2) is 47.4 Å². The molecule has 82 heavy (non-hydrogen) atoms. The Balaban J connectivity index is 3.34. The van der Waals surface area contributed by atoms with Gasteiger partial charge in [0.1, 0.15) is 0 Å². The van der Waals surface area contributed by atoms with E-state index in [-0.39, 0.29) is 18.5 Å². The zero-order chi connectivity index (χ0) is 59.2. The maximum atomic E-state index is 12.6. The average molecular weight is 1160 g/mol. The molecule has 0 saturated heterocycles. The number of amides is 1. The molecule has 0 aliphatic heterocycles. The number of esters is 1. The summed E-state index contributed by atoms with van der Waals surface area (Å²) in [5.74, 6) is -0.00440. The molecular formula is C76H151NO5. The van der Waals surface area contributed by atoms with Crippen LogP contribution in [0.1, 0.15) is 450 Å². The highest BCUT2D eigenvalue weighted by Gasteiger charge is 2.20. The maximum absolute atomic E-state index is 12.6. The van der Waals surface area contributed by atoms with Gasteiger partial charge in [-0.2, -0.15) is 0 Å². The predicted octanol–water partition coefficient (Wildman–Crippen LogP) is 24.9. The van der Waals surface area contributed by atoms with Gasteiger partial charge in [-0.05, 0) is 25.7 Å². The van der Waals surface area contributed by atoms with Crippen molar-refractivity contribution in [2.24, 2.45) is 0 Å². The third-order valence-electron chi connectivity index (χ3n) is 18.4. The summed E-state index contributed by atoms with van der Waals surface area (Å²) in [5, 5.41) is 23.5. The van der Waals surface area contributed by atoms with Crippen LogP contribution in [0.25, 0.3) is 0 Å². The molecule has 0 spiro atoms. The van der Waals surface area contributed by atoms with Gasteiger partial charge in [0.25, 0.3) is 0 Å². The van der Waals surface area contributed by atoms with E-state index in [2.05, 4.69) is 19.2 Å². The van der Waals surface area contributed by atoms with E-state index in [1.807, 2.05) is 0 Å². The molecule has 6 nitrogen and oxygen atoms in total. The van der Waals surface area contributed by atoms with Crippen molar-refractivity contribution < 1.29 is 24.5 Å². The van der Waals surface area contributed by atoms with Crippen molar-refractivity contribution >= 4 is 11.9 Å². The number of aliphatic hydroxyl groups excluding tert-OH is 2. The molecule has 0 aromatic heterocycles. The van der Waals surface area contributed by atoms with Crippen molar-refractivity contribution in [3.63, 3.8) is 0 Å². The SMILES string of the molecule is CCCCCCCCCCCCCCCCCCCCCCCCCCC(O)C(CO)NC(=O)CCCCCCCCCCCCCCCCCCCCCCCCCCCCOC(=O)CCCCCCCCCCCCCCCCC. The van der Waals surface area contributed by atoms with Gasteiger partial charge in [-0.3, -0.25) is 9.59 Å². The minimum atomic E-state index is -0.663. The van der Waals surface area contributed by atoms with Gasteiger partial charge in [-0.1, -0.05) is 412 Å². The first kappa shape index (κ1) is 80.9. The van der Waals surface area contributed by atoms with Gasteiger partial charge in [0.15, 0.2) is 0 Å². The molecule has 2 unspecified atom stereocenters. The molecule has 0 radical (unpaired) electrons. The molecule has 1 amide bonds. The van der Waals surface area contributed by atoms with Gasteiger partial charge in [-0.25, -0.2) is 0 Å². The predicted molar refractivity (Wildman–Crippen MR) is 361 cm³/mol. The molecule has 0 aliphatic rings. The summed E-state index contributed by atoms with van der Waals surface area (Å²) in [4.78, 5) is 24.7. The Morgan fingerprint density at radius 2 is 0.500 bits per heavy atom.